The average Bonchev–Trinajstić information content (AvgIpc) is 2.68. The van der Waals surface area contributed by atoms with Crippen molar-refractivity contribution >= 4 is 5.91 Å². The molecule has 0 spiro atoms. The van der Waals surface area contributed by atoms with Crippen molar-refractivity contribution in [1.29, 1.82) is 0 Å². The van der Waals surface area contributed by atoms with Crippen molar-refractivity contribution in [2.45, 2.75) is 37.6 Å². The summed E-state index contributed by atoms with van der Waals surface area (Å²) in [6, 6.07) is 18.7. The molecule has 1 aliphatic heterocycles. The van der Waals surface area contributed by atoms with Crippen LogP contribution in [0.5, 0.6) is 0 Å². The highest BCUT2D eigenvalue weighted by molar-refractivity contribution is 5.82. The number of hydrogen-bond donors (Lipinski definition) is 3. The molecule has 3 N–H and O–H groups in total. The van der Waals surface area contributed by atoms with Crippen molar-refractivity contribution in [3.63, 3.8) is 0 Å². The minimum atomic E-state index is -0.681. The molecule has 1 heterocycles. The van der Waals surface area contributed by atoms with E-state index in [0.717, 1.165) is 11.1 Å². The second kappa shape index (κ2) is 8.10. The van der Waals surface area contributed by atoms with Crippen LogP contribution in [0.1, 0.15) is 36.6 Å². The minimum Gasteiger partial charge on any atom is -0.386 e. The molecule has 0 saturated carbocycles. The van der Waals surface area contributed by atoms with Crippen molar-refractivity contribution in [1.82, 2.24) is 10.6 Å². The van der Waals surface area contributed by atoms with Gasteiger partial charge in [0.2, 0.25) is 5.91 Å². The van der Waals surface area contributed by atoms with E-state index in [2.05, 4.69) is 10.6 Å². The van der Waals surface area contributed by atoms with Crippen LogP contribution in [0.15, 0.2) is 72.8 Å². The SMILES string of the molecule is C[C@H](NC(=O)[C@@H]1CC=C[C@H]([C@H](O)c2ccccc2)N1)c1ccccc1. The Labute approximate surface area is 148 Å². The van der Waals surface area contributed by atoms with E-state index in [1.165, 1.54) is 0 Å². The number of carbonyl (C=O) groups excluding carboxylic acids is 1. The van der Waals surface area contributed by atoms with Crippen molar-refractivity contribution in [2.75, 3.05) is 0 Å². The molecule has 4 heteroatoms. The maximum absolute atomic E-state index is 12.6. The Bertz CT molecular complexity index is 715. The van der Waals surface area contributed by atoms with Gasteiger partial charge in [-0.2, -0.15) is 0 Å². The van der Waals surface area contributed by atoms with Crippen LogP contribution < -0.4 is 10.6 Å². The molecule has 0 aromatic heterocycles. The molecule has 25 heavy (non-hydrogen) atoms. The number of rotatable bonds is 5. The van der Waals surface area contributed by atoms with Crippen LogP contribution in [-0.2, 0) is 4.79 Å². The number of carbonyl (C=O) groups is 1. The quantitative estimate of drug-likeness (QED) is 0.736. The Kier molecular flexibility index (Phi) is 5.64. The highest BCUT2D eigenvalue weighted by atomic mass is 16.3. The number of amides is 1. The first-order valence-corrected chi connectivity index (χ1v) is 8.66. The summed E-state index contributed by atoms with van der Waals surface area (Å²) in [6.07, 6.45) is 3.83. The largest absolute Gasteiger partial charge is 0.386 e. The fourth-order valence-electron chi connectivity index (χ4n) is 3.09. The van der Waals surface area contributed by atoms with Gasteiger partial charge >= 0.3 is 0 Å². The van der Waals surface area contributed by atoms with Gasteiger partial charge in [0.15, 0.2) is 0 Å². The number of hydrogen-bond acceptors (Lipinski definition) is 3. The summed E-state index contributed by atoms with van der Waals surface area (Å²) in [4.78, 5) is 12.6. The molecule has 0 saturated heterocycles. The molecule has 0 aliphatic carbocycles. The minimum absolute atomic E-state index is 0.0500. The lowest BCUT2D eigenvalue weighted by atomic mass is 9.96. The molecule has 1 amide bonds. The molecule has 0 bridgehead atoms. The molecule has 130 valence electrons. The van der Waals surface area contributed by atoms with Gasteiger partial charge in [0.25, 0.3) is 0 Å². The van der Waals surface area contributed by atoms with E-state index in [4.69, 9.17) is 0 Å². The van der Waals surface area contributed by atoms with E-state index >= 15 is 0 Å². The monoisotopic (exact) mass is 336 g/mol. The van der Waals surface area contributed by atoms with E-state index in [9.17, 15) is 9.90 Å². The fourth-order valence-corrected chi connectivity index (χ4v) is 3.09. The second-order valence-electron chi connectivity index (χ2n) is 6.41. The predicted octanol–water partition coefficient (Wildman–Crippen LogP) is 2.88. The summed E-state index contributed by atoms with van der Waals surface area (Å²) in [7, 11) is 0. The maximum Gasteiger partial charge on any atom is 0.237 e. The van der Waals surface area contributed by atoms with Crippen LogP contribution in [0, 0.1) is 0 Å². The summed E-state index contributed by atoms with van der Waals surface area (Å²) < 4.78 is 0. The summed E-state index contributed by atoms with van der Waals surface area (Å²) in [5.41, 5.74) is 1.91. The van der Waals surface area contributed by atoms with E-state index in [-0.39, 0.29) is 24.0 Å². The van der Waals surface area contributed by atoms with Crippen LogP contribution in [0.4, 0.5) is 0 Å². The fraction of sp³-hybridized carbons (Fsp3) is 0.286. The van der Waals surface area contributed by atoms with Crippen LogP contribution >= 0.6 is 0 Å². The van der Waals surface area contributed by atoms with Crippen LogP contribution in [0.2, 0.25) is 0 Å². The zero-order valence-electron chi connectivity index (χ0n) is 14.3. The van der Waals surface area contributed by atoms with Crippen molar-refractivity contribution < 1.29 is 9.90 Å². The van der Waals surface area contributed by atoms with Crippen LogP contribution in [-0.4, -0.2) is 23.1 Å². The molecule has 1 aliphatic rings. The van der Waals surface area contributed by atoms with Crippen LogP contribution in [0.3, 0.4) is 0 Å². The van der Waals surface area contributed by atoms with Gasteiger partial charge in [0.05, 0.1) is 24.2 Å². The lowest BCUT2D eigenvalue weighted by Crippen LogP contribution is -2.51. The summed E-state index contributed by atoms with van der Waals surface area (Å²) in [5.74, 6) is -0.0500. The molecule has 0 fully saturated rings. The zero-order valence-corrected chi connectivity index (χ0v) is 14.3. The third kappa shape index (κ3) is 4.35. The number of benzene rings is 2. The lowest BCUT2D eigenvalue weighted by molar-refractivity contribution is -0.124. The lowest BCUT2D eigenvalue weighted by Gasteiger charge is -2.30. The van der Waals surface area contributed by atoms with Gasteiger partial charge in [-0.15, -0.1) is 0 Å². The van der Waals surface area contributed by atoms with E-state index < -0.39 is 6.10 Å². The van der Waals surface area contributed by atoms with Gasteiger partial charge in [-0.05, 0) is 24.5 Å². The first-order chi connectivity index (χ1) is 12.1. The van der Waals surface area contributed by atoms with Gasteiger partial charge in [-0.25, -0.2) is 0 Å². The second-order valence-corrected chi connectivity index (χ2v) is 6.41. The first kappa shape index (κ1) is 17.4. The van der Waals surface area contributed by atoms with Gasteiger partial charge in [0.1, 0.15) is 0 Å². The third-order valence-corrected chi connectivity index (χ3v) is 4.56. The van der Waals surface area contributed by atoms with E-state index in [0.29, 0.717) is 6.42 Å². The standard InChI is InChI=1S/C21H24N2O2/c1-15(16-9-4-2-5-10-16)22-21(25)19-14-8-13-18(23-19)20(24)17-11-6-3-7-12-17/h2-13,15,18-20,23-24H,14H2,1H3,(H,22,25)/t15-,18+,19-,20+/m0/s1. The number of aliphatic hydroxyl groups is 1. The van der Waals surface area contributed by atoms with Gasteiger partial charge in [-0.1, -0.05) is 72.8 Å². The van der Waals surface area contributed by atoms with E-state index in [1.54, 1.807) is 0 Å². The Balaban J connectivity index is 1.62. The molecule has 4 atom stereocenters. The zero-order chi connectivity index (χ0) is 17.6. The molecule has 0 unspecified atom stereocenters. The topological polar surface area (TPSA) is 61.4 Å². The molecule has 4 nitrogen and oxygen atoms in total. The van der Waals surface area contributed by atoms with Gasteiger partial charge in [0, 0.05) is 0 Å². The summed E-state index contributed by atoms with van der Waals surface area (Å²) in [6.45, 7) is 1.97. The van der Waals surface area contributed by atoms with Crippen LogP contribution in [0.25, 0.3) is 0 Å². The highest BCUT2D eigenvalue weighted by Gasteiger charge is 2.28. The number of nitrogens with one attached hydrogen (secondary N) is 2. The molecule has 2 aromatic rings. The summed E-state index contributed by atoms with van der Waals surface area (Å²) >= 11 is 0. The maximum atomic E-state index is 12.6. The summed E-state index contributed by atoms with van der Waals surface area (Å²) in [5, 5.41) is 16.9. The first-order valence-electron chi connectivity index (χ1n) is 8.66. The van der Waals surface area contributed by atoms with Crippen molar-refractivity contribution in [2.24, 2.45) is 0 Å². The molecule has 0 radical (unpaired) electrons. The third-order valence-electron chi connectivity index (χ3n) is 4.56. The predicted molar refractivity (Wildman–Crippen MR) is 98.9 cm³/mol. The Morgan fingerprint density at radius 1 is 1.08 bits per heavy atom. The van der Waals surface area contributed by atoms with Crippen molar-refractivity contribution in [3.05, 3.63) is 83.9 Å². The van der Waals surface area contributed by atoms with Crippen molar-refractivity contribution in [3.8, 4) is 0 Å². The molecule has 3 rings (SSSR count). The smallest absolute Gasteiger partial charge is 0.237 e. The van der Waals surface area contributed by atoms with Gasteiger partial charge < -0.3 is 10.4 Å². The highest BCUT2D eigenvalue weighted by Crippen LogP contribution is 2.21. The molecular formula is C21H24N2O2. The average molecular weight is 336 g/mol. The molecular weight excluding hydrogens is 312 g/mol. The molecule has 2 aromatic carbocycles. The van der Waals surface area contributed by atoms with E-state index in [1.807, 2.05) is 79.7 Å². The number of aliphatic hydroxyl groups excluding tert-OH is 1. The van der Waals surface area contributed by atoms with Gasteiger partial charge in [-0.3, -0.25) is 10.1 Å². The Morgan fingerprint density at radius 3 is 2.32 bits per heavy atom. The normalized spacial score (nSPS) is 22.2. The Hall–Kier alpha value is -2.43. The Morgan fingerprint density at radius 2 is 1.68 bits per heavy atom.